The van der Waals surface area contributed by atoms with Crippen molar-refractivity contribution in [2.75, 3.05) is 0 Å². The van der Waals surface area contributed by atoms with Crippen molar-refractivity contribution in [3.63, 3.8) is 0 Å². The van der Waals surface area contributed by atoms with Crippen LogP contribution in [0, 0.1) is 0 Å². The highest BCUT2D eigenvalue weighted by Crippen LogP contribution is 2.12. The van der Waals surface area contributed by atoms with Gasteiger partial charge in [-0.1, -0.05) is 90.4 Å². The van der Waals surface area contributed by atoms with Crippen molar-refractivity contribution in [3.8, 4) is 0 Å². The topological polar surface area (TPSA) is 17.1 Å². The van der Waals surface area contributed by atoms with Gasteiger partial charge in [-0.15, -0.1) is 12.4 Å². The Morgan fingerprint density at radius 1 is 0.579 bits per heavy atom. The van der Waals surface area contributed by atoms with E-state index in [0.29, 0.717) is 6.42 Å². The maximum absolute atomic E-state index is 10.00. The molecule has 0 aliphatic rings. The molecule has 0 unspecified atom stereocenters. The molecule has 0 N–H and O–H groups in total. The highest BCUT2D eigenvalue weighted by Gasteiger charge is 1.93. The normalized spacial score (nSPS) is 10.2. The summed E-state index contributed by atoms with van der Waals surface area (Å²) in [6.07, 6.45) is 21.7. The lowest BCUT2D eigenvalue weighted by Crippen LogP contribution is -1.83. The first-order valence-electron chi connectivity index (χ1n) is 8.26. The molecule has 0 aromatic rings. The fourth-order valence-corrected chi connectivity index (χ4v) is 2.39. The third-order valence-electron chi connectivity index (χ3n) is 3.63. The van der Waals surface area contributed by atoms with Gasteiger partial charge in [0, 0.05) is 6.42 Å². The third-order valence-corrected chi connectivity index (χ3v) is 3.63. The highest BCUT2D eigenvalue weighted by atomic mass is 35.5. The summed E-state index contributed by atoms with van der Waals surface area (Å²) in [4.78, 5) is 10.00. The third kappa shape index (κ3) is 20.4. The van der Waals surface area contributed by atoms with Gasteiger partial charge >= 0.3 is 0 Å². The summed E-state index contributed by atoms with van der Waals surface area (Å²) >= 11 is 0. The van der Waals surface area contributed by atoms with Crippen LogP contribution in [0.3, 0.4) is 0 Å². The molecule has 0 atom stereocenters. The van der Waals surface area contributed by atoms with E-state index in [-0.39, 0.29) is 12.4 Å². The molecule has 115 valence electrons. The van der Waals surface area contributed by atoms with E-state index in [1.165, 1.54) is 83.5 Å². The smallest absolute Gasteiger partial charge is 0.198 e. The molecule has 0 aromatic heterocycles. The number of unbranched alkanes of at least 4 members (excludes halogenated alkanes) is 14. The molecule has 0 aromatic carbocycles. The van der Waals surface area contributed by atoms with Crippen LogP contribution in [0.1, 0.15) is 103 Å². The molecule has 0 aliphatic heterocycles. The molecule has 0 saturated heterocycles. The lowest BCUT2D eigenvalue weighted by molar-refractivity contribution is 0.529. The lowest BCUT2D eigenvalue weighted by atomic mass is 10.0. The molecule has 0 spiro atoms. The average molecular weight is 290 g/mol. The van der Waals surface area contributed by atoms with Crippen molar-refractivity contribution in [1.82, 2.24) is 0 Å². The average Bonchev–Trinajstić information content (AvgIpc) is 2.39. The predicted molar refractivity (Wildman–Crippen MR) is 87.9 cm³/mol. The minimum atomic E-state index is 0. The van der Waals surface area contributed by atoms with Crippen molar-refractivity contribution in [2.24, 2.45) is 0 Å². The second kappa shape index (κ2) is 20.3. The molecule has 0 fully saturated rings. The fourth-order valence-electron chi connectivity index (χ4n) is 2.39. The first-order valence-corrected chi connectivity index (χ1v) is 8.26. The minimum Gasteiger partial charge on any atom is -0.291 e. The van der Waals surface area contributed by atoms with Crippen LogP contribution in [0.25, 0.3) is 0 Å². The molecule has 2 heteroatoms. The van der Waals surface area contributed by atoms with Gasteiger partial charge in [0.15, 0.2) is 6.29 Å². The van der Waals surface area contributed by atoms with Crippen LogP contribution in [0.15, 0.2) is 0 Å². The number of hydrogen-bond donors (Lipinski definition) is 0. The van der Waals surface area contributed by atoms with E-state index in [1.807, 2.05) is 6.29 Å². The Morgan fingerprint density at radius 2 is 0.895 bits per heavy atom. The van der Waals surface area contributed by atoms with Gasteiger partial charge < -0.3 is 0 Å². The summed E-state index contributed by atoms with van der Waals surface area (Å²) in [5.74, 6) is 0. The Morgan fingerprint density at radius 3 is 1.21 bits per heavy atom. The van der Waals surface area contributed by atoms with Gasteiger partial charge in [-0.25, -0.2) is 0 Å². The number of hydrogen-bond acceptors (Lipinski definition) is 1. The SMILES string of the molecule is CCCCCCCCCCCCCCCC[C]=O.Cl. The maximum Gasteiger partial charge on any atom is 0.198 e. The van der Waals surface area contributed by atoms with Crippen LogP contribution < -0.4 is 0 Å². The molecule has 1 nitrogen and oxygen atoms in total. The van der Waals surface area contributed by atoms with Crippen molar-refractivity contribution in [1.29, 1.82) is 0 Å². The molecule has 1 radical (unpaired) electrons. The van der Waals surface area contributed by atoms with E-state index in [1.54, 1.807) is 0 Å². The van der Waals surface area contributed by atoms with Gasteiger partial charge in [0.05, 0.1) is 0 Å². The van der Waals surface area contributed by atoms with E-state index >= 15 is 0 Å². The van der Waals surface area contributed by atoms with E-state index in [2.05, 4.69) is 6.92 Å². The van der Waals surface area contributed by atoms with E-state index in [0.717, 1.165) is 6.42 Å². The zero-order chi connectivity index (χ0) is 13.3. The Labute approximate surface area is 127 Å². The molecule has 19 heavy (non-hydrogen) atoms. The predicted octanol–water partition coefficient (Wildman–Crippen LogP) is 6.39. The fraction of sp³-hybridized carbons (Fsp3) is 0.941. The molecule has 0 amide bonds. The molecular weight excluding hydrogens is 256 g/mol. The molecule has 0 bridgehead atoms. The van der Waals surface area contributed by atoms with Crippen LogP contribution in [-0.2, 0) is 4.79 Å². The van der Waals surface area contributed by atoms with Crippen molar-refractivity contribution in [3.05, 3.63) is 0 Å². The first-order chi connectivity index (χ1) is 8.91. The van der Waals surface area contributed by atoms with Gasteiger partial charge in [0.1, 0.15) is 0 Å². The Kier molecular flexibility index (Phi) is 22.7. The standard InChI is InChI=1S/C17H33O.ClH/c1-2-3-4-5-6-7-8-9-10-11-12-13-14-15-16-17-18;/h2-16H2,1H3;1H. The largest absolute Gasteiger partial charge is 0.291 e. The number of rotatable bonds is 15. The van der Waals surface area contributed by atoms with Crippen molar-refractivity contribution in [2.45, 2.75) is 103 Å². The Balaban J connectivity index is 0. The number of carbonyl (C=O) groups excluding carboxylic acids is 1. The van der Waals surface area contributed by atoms with Crippen LogP contribution in [-0.4, -0.2) is 6.29 Å². The van der Waals surface area contributed by atoms with Gasteiger partial charge in [-0.3, -0.25) is 4.79 Å². The molecular formula is C17H34ClO. The molecule has 0 rings (SSSR count). The highest BCUT2D eigenvalue weighted by molar-refractivity contribution is 5.85. The Hall–Kier alpha value is -0.0400. The molecule has 0 saturated carbocycles. The van der Waals surface area contributed by atoms with Crippen LogP contribution in [0.5, 0.6) is 0 Å². The zero-order valence-electron chi connectivity index (χ0n) is 12.9. The monoisotopic (exact) mass is 289 g/mol. The molecule has 0 aliphatic carbocycles. The van der Waals surface area contributed by atoms with E-state index < -0.39 is 0 Å². The second-order valence-corrected chi connectivity index (χ2v) is 5.49. The minimum absolute atomic E-state index is 0. The van der Waals surface area contributed by atoms with Crippen molar-refractivity contribution >= 4 is 18.7 Å². The summed E-state index contributed by atoms with van der Waals surface area (Å²) in [5.41, 5.74) is 0. The molecule has 0 heterocycles. The van der Waals surface area contributed by atoms with E-state index in [4.69, 9.17) is 0 Å². The second-order valence-electron chi connectivity index (χ2n) is 5.49. The van der Waals surface area contributed by atoms with Gasteiger partial charge in [0.2, 0.25) is 0 Å². The summed E-state index contributed by atoms with van der Waals surface area (Å²) in [6, 6.07) is 0. The quantitative estimate of drug-likeness (QED) is 0.319. The lowest BCUT2D eigenvalue weighted by Gasteiger charge is -2.02. The Bertz CT molecular complexity index is 159. The summed E-state index contributed by atoms with van der Waals surface area (Å²) in [7, 11) is 0. The van der Waals surface area contributed by atoms with Gasteiger partial charge in [0.25, 0.3) is 0 Å². The van der Waals surface area contributed by atoms with Crippen LogP contribution >= 0.6 is 12.4 Å². The van der Waals surface area contributed by atoms with Gasteiger partial charge in [-0.2, -0.15) is 0 Å². The van der Waals surface area contributed by atoms with E-state index in [9.17, 15) is 4.79 Å². The summed E-state index contributed by atoms with van der Waals surface area (Å²) in [5, 5.41) is 0. The van der Waals surface area contributed by atoms with Gasteiger partial charge in [-0.05, 0) is 6.42 Å². The summed E-state index contributed by atoms with van der Waals surface area (Å²) in [6.45, 7) is 2.28. The first kappa shape index (κ1) is 21.3. The van der Waals surface area contributed by atoms with Crippen molar-refractivity contribution < 1.29 is 4.79 Å². The zero-order valence-corrected chi connectivity index (χ0v) is 13.7. The maximum atomic E-state index is 10.00. The number of halogens is 1. The van der Waals surface area contributed by atoms with Crippen LogP contribution in [0.4, 0.5) is 0 Å². The summed E-state index contributed by atoms with van der Waals surface area (Å²) < 4.78 is 0. The van der Waals surface area contributed by atoms with Crippen LogP contribution in [0.2, 0.25) is 0 Å².